The van der Waals surface area contributed by atoms with Gasteiger partial charge >= 0.3 is 0 Å². The van der Waals surface area contributed by atoms with Crippen molar-refractivity contribution in [1.29, 1.82) is 0 Å². The van der Waals surface area contributed by atoms with E-state index in [1.807, 2.05) is 55.5 Å². The molecule has 0 bridgehead atoms. The Morgan fingerprint density at radius 1 is 0.889 bits per heavy atom. The number of hydrogen-bond acceptors (Lipinski definition) is 2. The van der Waals surface area contributed by atoms with Crippen LogP contribution >= 0.6 is 23.2 Å². The van der Waals surface area contributed by atoms with Gasteiger partial charge in [0.15, 0.2) is 11.9 Å². The van der Waals surface area contributed by atoms with Crippen LogP contribution in [0.3, 0.4) is 0 Å². The van der Waals surface area contributed by atoms with Crippen molar-refractivity contribution in [3.63, 3.8) is 0 Å². The summed E-state index contributed by atoms with van der Waals surface area (Å²) in [7, 11) is 0. The van der Waals surface area contributed by atoms with Crippen molar-refractivity contribution in [2.75, 3.05) is 0 Å². The molecule has 1 heterocycles. The smallest absolute Gasteiger partial charge is 0.196 e. The van der Waals surface area contributed by atoms with Gasteiger partial charge in [-0.2, -0.15) is 0 Å². The topological polar surface area (TPSA) is 26.3 Å². The van der Waals surface area contributed by atoms with E-state index in [0.29, 0.717) is 26.9 Å². The van der Waals surface area contributed by atoms with Crippen LogP contribution in [-0.2, 0) is 0 Å². The number of carbonyl (C=O) groups excluding carboxylic acids is 1. The van der Waals surface area contributed by atoms with E-state index in [1.54, 1.807) is 24.3 Å². The predicted molar refractivity (Wildman–Crippen MR) is 110 cm³/mol. The molecular formula is C23H16Cl2O2. The number of halogens is 2. The molecule has 0 saturated heterocycles. The van der Waals surface area contributed by atoms with Gasteiger partial charge in [0.25, 0.3) is 0 Å². The molecule has 2 nitrogen and oxygen atoms in total. The first-order valence-electron chi connectivity index (χ1n) is 8.56. The minimum Gasteiger partial charge on any atom is -0.480 e. The fourth-order valence-corrected chi connectivity index (χ4v) is 3.40. The van der Waals surface area contributed by atoms with Crippen molar-refractivity contribution in [1.82, 2.24) is 0 Å². The molecule has 3 aromatic carbocycles. The summed E-state index contributed by atoms with van der Waals surface area (Å²) >= 11 is 12.0. The molecule has 27 heavy (non-hydrogen) atoms. The number of carbonyl (C=O) groups is 1. The number of hydrogen-bond donors (Lipinski definition) is 0. The summed E-state index contributed by atoms with van der Waals surface area (Å²) < 4.78 is 6.26. The molecule has 0 aromatic heterocycles. The second-order valence-electron chi connectivity index (χ2n) is 6.53. The number of ketones is 1. The Bertz CT molecular complexity index is 1030. The van der Waals surface area contributed by atoms with E-state index in [9.17, 15) is 4.79 Å². The average Bonchev–Trinajstić information content (AvgIpc) is 2.66. The second kappa shape index (κ2) is 7.22. The van der Waals surface area contributed by atoms with Gasteiger partial charge in [-0.1, -0.05) is 53.5 Å². The molecule has 0 saturated carbocycles. The first-order valence-corrected chi connectivity index (χ1v) is 9.31. The van der Waals surface area contributed by atoms with Crippen LogP contribution in [-0.4, -0.2) is 5.78 Å². The molecule has 4 heteroatoms. The lowest BCUT2D eigenvalue weighted by Gasteiger charge is -2.28. The zero-order chi connectivity index (χ0) is 19.0. The van der Waals surface area contributed by atoms with Crippen LogP contribution in [0.1, 0.15) is 33.2 Å². The monoisotopic (exact) mass is 394 g/mol. The Morgan fingerprint density at radius 3 is 2.19 bits per heavy atom. The van der Waals surface area contributed by atoms with Crippen molar-refractivity contribution in [3.8, 4) is 5.75 Å². The van der Waals surface area contributed by atoms with Crippen LogP contribution in [0, 0.1) is 6.92 Å². The summed E-state index contributed by atoms with van der Waals surface area (Å²) in [6.45, 7) is 1.98. The Hall–Kier alpha value is -2.55. The summed E-state index contributed by atoms with van der Waals surface area (Å²) in [5.41, 5.74) is 3.96. The van der Waals surface area contributed by atoms with Crippen molar-refractivity contribution in [2.24, 2.45) is 0 Å². The normalized spacial score (nSPS) is 17.5. The maximum Gasteiger partial charge on any atom is 0.196 e. The van der Waals surface area contributed by atoms with Crippen LogP contribution in [0.25, 0.3) is 6.08 Å². The van der Waals surface area contributed by atoms with Crippen molar-refractivity contribution in [3.05, 3.63) is 105 Å². The van der Waals surface area contributed by atoms with Crippen LogP contribution in [0.15, 0.2) is 72.3 Å². The van der Waals surface area contributed by atoms with Gasteiger partial charge in [0.2, 0.25) is 0 Å². The highest BCUT2D eigenvalue weighted by Gasteiger charge is 2.33. The van der Waals surface area contributed by atoms with Gasteiger partial charge in [-0.25, -0.2) is 0 Å². The number of fused-ring (bicyclic) bond motifs is 1. The molecule has 0 amide bonds. The van der Waals surface area contributed by atoms with Gasteiger partial charge in [0.1, 0.15) is 5.75 Å². The number of aryl methyl sites for hydroxylation is 1. The molecule has 0 radical (unpaired) electrons. The maximum atomic E-state index is 13.2. The largest absolute Gasteiger partial charge is 0.480 e. The van der Waals surface area contributed by atoms with Crippen LogP contribution in [0.4, 0.5) is 0 Å². The molecule has 1 aliphatic rings. The highest BCUT2D eigenvalue weighted by molar-refractivity contribution is 6.30. The zero-order valence-electron chi connectivity index (χ0n) is 14.6. The first kappa shape index (κ1) is 17.8. The van der Waals surface area contributed by atoms with Gasteiger partial charge in [0, 0.05) is 15.6 Å². The third-order valence-electron chi connectivity index (χ3n) is 4.54. The number of Topliss-reactive ketones (excluding diaryl/α,β-unsaturated/α-hetero) is 1. The molecular weight excluding hydrogens is 379 g/mol. The lowest BCUT2D eigenvalue weighted by atomic mass is 9.89. The van der Waals surface area contributed by atoms with Gasteiger partial charge in [-0.05, 0) is 66.1 Å². The van der Waals surface area contributed by atoms with E-state index in [0.717, 1.165) is 16.7 Å². The molecule has 0 spiro atoms. The fourth-order valence-electron chi connectivity index (χ4n) is 3.14. The molecule has 4 rings (SSSR count). The van der Waals surface area contributed by atoms with Gasteiger partial charge in [0.05, 0.1) is 5.56 Å². The molecule has 0 N–H and O–H groups in total. The standard InChI is InChI=1S/C23H16Cl2O2/c1-14-2-11-19-21(12-14)27-23(16-5-9-18(25)10-6-16)20(22(19)26)13-15-3-7-17(24)8-4-15/h2-13,23H,1H3/b20-13-. The van der Waals surface area contributed by atoms with E-state index in [4.69, 9.17) is 27.9 Å². The molecule has 1 aliphatic heterocycles. The maximum absolute atomic E-state index is 13.2. The van der Waals surface area contributed by atoms with Crippen LogP contribution in [0.5, 0.6) is 5.75 Å². The van der Waals surface area contributed by atoms with Crippen molar-refractivity contribution in [2.45, 2.75) is 13.0 Å². The third-order valence-corrected chi connectivity index (χ3v) is 5.04. The van der Waals surface area contributed by atoms with E-state index >= 15 is 0 Å². The van der Waals surface area contributed by atoms with Crippen molar-refractivity contribution < 1.29 is 9.53 Å². The van der Waals surface area contributed by atoms with Gasteiger partial charge < -0.3 is 4.74 Å². The lowest BCUT2D eigenvalue weighted by molar-refractivity contribution is 0.0963. The highest BCUT2D eigenvalue weighted by Crippen LogP contribution is 2.40. The summed E-state index contributed by atoms with van der Waals surface area (Å²) in [5.74, 6) is 0.569. The first-order chi connectivity index (χ1) is 13.0. The fraction of sp³-hybridized carbons (Fsp3) is 0.0870. The minimum absolute atomic E-state index is 0.0360. The molecule has 0 aliphatic carbocycles. The van der Waals surface area contributed by atoms with E-state index < -0.39 is 6.10 Å². The summed E-state index contributed by atoms with van der Waals surface area (Å²) in [4.78, 5) is 13.2. The average molecular weight is 395 g/mol. The van der Waals surface area contributed by atoms with E-state index in [2.05, 4.69) is 0 Å². The van der Waals surface area contributed by atoms with E-state index in [-0.39, 0.29) is 5.78 Å². The zero-order valence-corrected chi connectivity index (χ0v) is 16.1. The van der Waals surface area contributed by atoms with Gasteiger partial charge in [-0.15, -0.1) is 0 Å². The Kier molecular flexibility index (Phi) is 4.77. The highest BCUT2D eigenvalue weighted by atomic mass is 35.5. The second-order valence-corrected chi connectivity index (χ2v) is 7.40. The Labute approximate surface area is 168 Å². The molecule has 0 fully saturated rings. The Balaban J connectivity index is 1.85. The van der Waals surface area contributed by atoms with Crippen molar-refractivity contribution >= 4 is 35.1 Å². The SMILES string of the molecule is Cc1ccc2c(c1)OC(c1ccc(Cl)cc1)/C(=C\c1ccc(Cl)cc1)C2=O. The summed E-state index contributed by atoms with van der Waals surface area (Å²) in [6.07, 6.45) is 1.36. The molecule has 1 atom stereocenters. The quantitative estimate of drug-likeness (QED) is 0.451. The number of ether oxygens (including phenoxy) is 1. The number of rotatable bonds is 2. The molecule has 134 valence electrons. The molecule has 1 unspecified atom stereocenters. The van der Waals surface area contributed by atoms with Crippen LogP contribution in [0.2, 0.25) is 10.0 Å². The molecule has 3 aromatic rings. The third kappa shape index (κ3) is 3.64. The van der Waals surface area contributed by atoms with E-state index in [1.165, 1.54) is 0 Å². The minimum atomic E-state index is -0.500. The lowest BCUT2D eigenvalue weighted by Crippen LogP contribution is -2.23. The predicted octanol–water partition coefficient (Wildman–Crippen LogP) is 6.70. The van der Waals surface area contributed by atoms with Crippen LogP contribution < -0.4 is 4.74 Å². The summed E-state index contributed by atoms with van der Waals surface area (Å²) in [5, 5.41) is 1.29. The summed E-state index contributed by atoms with van der Waals surface area (Å²) in [6, 6.07) is 20.4. The Morgan fingerprint density at radius 2 is 1.52 bits per heavy atom. The van der Waals surface area contributed by atoms with Gasteiger partial charge in [-0.3, -0.25) is 4.79 Å². The number of benzene rings is 3.